The lowest BCUT2D eigenvalue weighted by Crippen LogP contribution is -2.48. The molecule has 0 unspecified atom stereocenters. The zero-order valence-electron chi connectivity index (χ0n) is 16.2. The zero-order chi connectivity index (χ0) is 19.2. The summed E-state index contributed by atoms with van der Waals surface area (Å²) in [7, 11) is -1.89. The van der Waals surface area contributed by atoms with Crippen LogP contribution in [0.25, 0.3) is 0 Å². The second-order valence-corrected chi connectivity index (χ2v) is 10.6. The van der Waals surface area contributed by atoms with Gasteiger partial charge in [0.05, 0.1) is 12.1 Å². The lowest BCUT2D eigenvalue weighted by atomic mass is 9.83. The molecule has 2 saturated carbocycles. The molecule has 4 rings (SSSR count). The van der Waals surface area contributed by atoms with Gasteiger partial charge in [0.25, 0.3) is 0 Å². The van der Waals surface area contributed by atoms with Gasteiger partial charge in [-0.05, 0) is 56.8 Å². The number of hydrogen-bond acceptors (Lipinski definition) is 4. The van der Waals surface area contributed by atoms with Crippen molar-refractivity contribution in [1.82, 2.24) is 19.4 Å². The minimum atomic E-state index is -3.59. The number of aromatic nitrogens is 2. The molecule has 0 aromatic carbocycles. The van der Waals surface area contributed by atoms with Crippen molar-refractivity contribution in [2.45, 2.75) is 56.4 Å². The van der Waals surface area contributed by atoms with E-state index in [2.05, 4.69) is 17.3 Å². The third-order valence-electron chi connectivity index (χ3n) is 6.88. The molecule has 27 heavy (non-hydrogen) atoms. The number of aryl methyl sites for hydroxylation is 1. The predicted molar refractivity (Wildman–Crippen MR) is 101 cm³/mol. The van der Waals surface area contributed by atoms with Crippen molar-refractivity contribution in [2.75, 3.05) is 13.1 Å². The monoisotopic (exact) mass is 394 g/mol. The molecular weight excluding hydrogens is 364 g/mol. The number of piperidine rings is 1. The van der Waals surface area contributed by atoms with Crippen LogP contribution < -0.4 is 5.32 Å². The molecule has 5 atom stereocenters. The summed E-state index contributed by atoms with van der Waals surface area (Å²) >= 11 is 0. The van der Waals surface area contributed by atoms with Crippen molar-refractivity contribution in [1.29, 1.82) is 0 Å². The Labute approximate surface area is 161 Å². The van der Waals surface area contributed by atoms with Crippen LogP contribution in [0.2, 0.25) is 0 Å². The van der Waals surface area contributed by atoms with Crippen molar-refractivity contribution in [2.24, 2.45) is 30.7 Å². The highest BCUT2D eigenvalue weighted by atomic mass is 32.2. The molecule has 1 aliphatic heterocycles. The van der Waals surface area contributed by atoms with Crippen LogP contribution >= 0.6 is 0 Å². The van der Waals surface area contributed by atoms with Crippen molar-refractivity contribution in [3.05, 3.63) is 12.4 Å². The van der Waals surface area contributed by atoms with Crippen LogP contribution in [0.1, 0.15) is 45.4 Å². The standard InChI is InChI=1S/C19H30N4O3S/c1-13(18-9-14-5-6-15(18)8-14)21-19(24)16-4-3-7-23(11-16)27(25,26)17-10-20-22(2)12-17/h10,12-16,18H,3-9,11H2,1-2H3,(H,21,24)/t13-,14-,15-,16-,18+/m0/s1. The Bertz CT molecular complexity index is 806. The van der Waals surface area contributed by atoms with Crippen LogP contribution in [0.15, 0.2) is 17.3 Å². The Morgan fingerprint density at radius 1 is 1.30 bits per heavy atom. The molecule has 150 valence electrons. The van der Waals surface area contributed by atoms with Gasteiger partial charge in [-0.3, -0.25) is 9.48 Å². The largest absolute Gasteiger partial charge is 0.353 e. The summed E-state index contributed by atoms with van der Waals surface area (Å²) in [5, 5.41) is 7.18. The first-order chi connectivity index (χ1) is 12.8. The lowest BCUT2D eigenvalue weighted by Gasteiger charge is -2.33. The minimum Gasteiger partial charge on any atom is -0.353 e. The van der Waals surface area contributed by atoms with E-state index in [0.29, 0.717) is 18.9 Å². The summed E-state index contributed by atoms with van der Waals surface area (Å²) in [6, 6.07) is 0.179. The number of carbonyl (C=O) groups is 1. The van der Waals surface area contributed by atoms with E-state index in [1.165, 1.54) is 47.1 Å². The summed E-state index contributed by atoms with van der Waals surface area (Å²) < 4.78 is 28.6. The fraction of sp³-hybridized carbons (Fsp3) is 0.789. The van der Waals surface area contributed by atoms with E-state index in [4.69, 9.17) is 0 Å². The number of amides is 1. The normalized spacial score (nSPS) is 32.5. The lowest BCUT2D eigenvalue weighted by molar-refractivity contribution is -0.127. The first-order valence-electron chi connectivity index (χ1n) is 10.1. The maximum atomic E-state index is 12.8. The van der Waals surface area contributed by atoms with Crippen LogP contribution in [0.4, 0.5) is 0 Å². The van der Waals surface area contributed by atoms with E-state index < -0.39 is 10.0 Å². The summed E-state index contributed by atoms with van der Waals surface area (Å²) in [4.78, 5) is 13.0. The Balaban J connectivity index is 1.38. The van der Waals surface area contributed by atoms with Crippen LogP contribution in [0.3, 0.4) is 0 Å². The van der Waals surface area contributed by atoms with Gasteiger partial charge in [0.15, 0.2) is 0 Å². The zero-order valence-corrected chi connectivity index (χ0v) is 17.0. The number of fused-ring (bicyclic) bond motifs is 2. The van der Waals surface area contributed by atoms with Gasteiger partial charge in [-0.25, -0.2) is 8.42 Å². The Morgan fingerprint density at radius 3 is 2.74 bits per heavy atom. The smallest absolute Gasteiger partial charge is 0.246 e. The number of nitrogens with one attached hydrogen (secondary N) is 1. The average molecular weight is 395 g/mol. The van der Waals surface area contributed by atoms with Crippen molar-refractivity contribution < 1.29 is 13.2 Å². The molecule has 1 N–H and O–H groups in total. The topological polar surface area (TPSA) is 84.3 Å². The van der Waals surface area contributed by atoms with Gasteiger partial charge >= 0.3 is 0 Å². The molecule has 0 radical (unpaired) electrons. The quantitative estimate of drug-likeness (QED) is 0.825. The first-order valence-corrected chi connectivity index (χ1v) is 11.6. The van der Waals surface area contributed by atoms with E-state index in [1.807, 2.05) is 0 Å². The van der Waals surface area contributed by atoms with Crippen molar-refractivity contribution in [3.8, 4) is 0 Å². The highest BCUT2D eigenvalue weighted by Crippen LogP contribution is 2.49. The maximum Gasteiger partial charge on any atom is 0.246 e. The molecule has 7 nitrogen and oxygen atoms in total. The fourth-order valence-corrected chi connectivity index (χ4v) is 6.92. The van der Waals surface area contributed by atoms with E-state index in [9.17, 15) is 13.2 Å². The molecule has 1 saturated heterocycles. The molecule has 2 heterocycles. The molecule has 1 aromatic rings. The van der Waals surface area contributed by atoms with E-state index in [0.717, 1.165) is 18.3 Å². The van der Waals surface area contributed by atoms with Gasteiger partial charge in [-0.1, -0.05) is 6.42 Å². The molecule has 2 aliphatic carbocycles. The first kappa shape index (κ1) is 18.9. The highest BCUT2D eigenvalue weighted by Gasteiger charge is 2.43. The average Bonchev–Trinajstić information content (AvgIpc) is 3.38. The minimum absolute atomic E-state index is 0.0105. The fourth-order valence-electron chi connectivity index (χ4n) is 5.41. The van der Waals surface area contributed by atoms with Crippen LogP contribution in [-0.4, -0.2) is 47.5 Å². The van der Waals surface area contributed by atoms with Crippen molar-refractivity contribution in [3.63, 3.8) is 0 Å². The van der Waals surface area contributed by atoms with Crippen LogP contribution in [0, 0.1) is 23.7 Å². The molecule has 2 bridgehead atoms. The van der Waals surface area contributed by atoms with Crippen LogP contribution in [0.5, 0.6) is 0 Å². The molecule has 3 aliphatic rings. The number of nitrogens with zero attached hydrogens (tertiary/aromatic N) is 3. The second-order valence-electron chi connectivity index (χ2n) is 8.69. The Morgan fingerprint density at radius 2 is 2.11 bits per heavy atom. The maximum absolute atomic E-state index is 12.8. The SMILES string of the molecule is C[C@H](NC(=O)[C@H]1CCCN(S(=O)(=O)c2cnn(C)c2)C1)[C@H]1C[C@H]2CC[C@H]1C2. The Hall–Kier alpha value is -1.41. The highest BCUT2D eigenvalue weighted by molar-refractivity contribution is 7.89. The van der Waals surface area contributed by atoms with Crippen molar-refractivity contribution >= 4 is 15.9 Å². The van der Waals surface area contributed by atoms with Gasteiger partial charge < -0.3 is 5.32 Å². The summed E-state index contributed by atoms with van der Waals surface area (Å²) in [5.41, 5.74) is 0. The predicted octanol–water partition coefficient (Wildman–Crippen LogP) is 1.76. The van der Waals surface area contributed by atoms with Gasteiger partial charge in [0, 0.05) is 32.4 Å². The number of hydrogen-bond donors (Lipinski definition) is 1. The van der Waals surface area contributed by atoms with E-state index in [1.54, 1.807) is 7.05 Å². The number of carbonyl (C=O) groups excluding carboxylic acids is 1. The number of sulfonamides is 1. The third-order valence-corrected chi connectivity index (χ3v) is 8.70. The summed E-state index contributed by atoms with van der Waals surface area (Å²) in [6.45, 7) is 2.84. The van der Waals surface area contributed by atoms with Gasteiger partial charge in [-0.2, -0.15) is 9.40 Å². The third kappa shape index (κ3) is 3.66. The molecule has 8 heteroatoms. The van der Waals surface area contributed by atoms with E-state index >= 15 is 0 Å². The Kier molecular flexibility index (Phi) is 5.05. The van der Waals surface area contributed by atoms with Gasteiger partial charge in [-0.15, -0.1) is 0 Å². The molecule has 0 spiro atoms. The second kappa shape index (κ2) is 7.20. The molecular formula is C19H30N4O3S. The molecule has 1 aromatic heterocycles. The summed E-state index contributed by atoms with van der Waals surface area (Å²) in [6.07, 6.45) is 9.55. The number of rotatable bonds is 5. The van der Waals surface area contributed by atoms with E-state index in [-0.39, 0.29) is 29.3 Å². The van der Waals surface area contributed by atoms with Crippen LogP contribution in [-0.2, 0) is 21.9 Å². The molecule has 1 amide bonds. The van der Waals surface area contributed by atoms with Gasteiger partial charge in [0.1, 0.15) is 4.90 Å². The molecule has 3 fully saturated rings. The van der Waals surface area contributed by atoms with Gasteiger partial charge in [0.2, 0.25) is 15.9 Å². The summed E-state index contributed by atoms with van der Waals surface area (Å²) in [5.74, 6) is 1.95.